The molecule has 1 aromatic rings. The fraction of sp³-hybridized carbons (Fsp3) is 0.400. The summed E-state index contributed by atoms with van der Waals surface area (Å²) in [5.74, 6) is -0.160. The van der Waals surface area contributed by atoms with Crippen LogP contribution in [-0.2, 0) is 0 Å². The van der Waals surface area contributed by atoms with E-state index >= 15 is 0 Å². The number of methoxy groups -OCH3 is 1. The maximum Gasteiger partial charge on any atom is 0.169 e. The average Bonchev–Trinajstić information content (AvgIpc) is 2.18. The van der Waals surface area contributed by atoms with Crippen molar-refractivity contribution in [2.75, 3.05) is 7.11 Å². The molecule has 0 spiro atoms. The summed E-state index contributed by atoms with van der Waals surface area (Å²) in [4.78, 5) is 0. The Hall–Kier alpha value is -0.760. The fourth-order valence-electron chi connectivity index (χ4n) is 0.794. The molecular weight excluding hydrogens is 191 g/mol. The molecule has 0 unspecified atom stereocenters. The van der Waals surface area contributed by atoms with Crippen LogP contribution >= 0.6 is 11.6 Å². The molecule has 0 aliphatic rings. The standard InChI is InChI=1S/C8H8ClFO.C2H6/c1-5-6(9)3-4-7(11-2)8(5)10;1-2/h3-4H,1-2H3;1-2H3. The predicted molar refractivity (Wildman–Crippen MR) is 54.0 cm³/mol. The van der Waals surface area contributed by atoms with Gasteiger partial charge in [-0.15, -0.1) is 0 Å². The maximum atomic E-state index is 13.1. The minimum atomic E-state index is -0.389. The SMILES string of the molecule is CC.COc1ccc(Cl)c(C)c1F. The second-order valence-corrected chi connectivity index (χ2v) is 2.60. The van der Waals surface area contributed by atoms with Crippen LogP contribution in [0.15, 0.2) is 12.1 Å². The van der Waals surface area contributed by atoms with E-state index in [2.05, 4.69) is 0 Å². The van der Waals surface area contributed by atoms with E-state index in [1.54, 1.807) is 13.0 Å². The van der Waals surface area contributed by atoms with Gasteiger partial charge in [-0.1, -0.05) is 25.4 Å². The number of ether oxygens (including phenoxy) is 1. The molecule has 13 heavy (non-hydrogen) atoms. The van der Waals surface area contributed by atoms with Crippen molar-refractivity contribution >= 4 is 11.6 Å². The minimum absolute atomic E-state index is 0.229. The Bertz CT molecular complexity index is 274. The van der Waals surface area contributed by atoms with Crippen molar-refractivity contribution in [1.29, 1.82) is 0 Å². The summed E-state index contributed by atoms with van der Waals surface area (Å²) in [5.41, 5.74) is 0.422. The second kappa shape index (κ2) is 5.81. The van der Waals surface area contributed by atoms with Gasteiger partial charge in [0.1, 0.15) is 0 Å². The summed E-state index contributed by atoms with van der Waals surface area (Å²) >= 11 is 5.65. The van der Waals surface area contributed by atoms with Crippen LogP contribution in [0.4, 0.5) is 4.39 Å². The van der Waals surface area contributed by atoms with Crippen molar-refractivity contribution < 1.29 is 9.13 Å². The lowest BCUT2D eigenvalue weighted by Gasteiger charge is -2.04. The summed E-state index contributed by atoms with van der Waals surface area (Å²) in [6.45, 7) is 5.61. The molecule has 0 radical (unpaired) electrons. The summed E-state index contributed by atoms with van der Waals surface area (Å²) < 4.78 is 17.8. The molecular formula is C10H14ClFO. The van der Waals surface area contributed by atoms with Crippen LogP contribution in [0.25, 0.3) is 0 Å². The van der Waals surface area contributed by atoms with E-state index < -0.39 is 0 Å². The molecule has 1 nitrogen and oxygen atoms in total. The van der Waals surface area contributed by atoms with Crippen molar-refractivity contribution in [2.24, 2.45) is 0 Å². The van der Waals surface area contributed by atoms with Crippen LogP contribution in [0.3, 0.4) is 0 Å². The summed E-state index contributed by atoms with van der Waals surface area (Å²) in [7, 11) is 1.42. The molecule has 0 bridgehead atoms. The molecule has 1 aromatic carbocycles. The number of hydrogen-bond acceptors (Lipinski definition) is 1. The second-order valence-electron chi connectivity index (χ2n) is 2.19. The third-order valence-corrected chi connectivity index (χ3v) is 1.91. The van der Waals surface area contributed by atoms with Gasteiger partial charge in [-0.25, -0.2) is 4.39 Å². The Morgan fingerprint density at radius 3 is 2.31 bits per heavy atom. The van der Waals surface area contributed by atoms with Crippen LogP contribution in [0.2, 0.25) is 5.02 Å². The van der Waals surface area contributed by atoms with Crippen molar-refractivity contribution in [1.82, 2.24) is 0 Å². The van der Waals surface area contributed by atoms with E-state index in [4.69, 9.17) is 16.3 Å². The van der Waals surface area contributed by atoms with E-state index in [0.29, 0.717) is 10.6 Å². The van der Waals surface area contributed by atoms with Crippen LogP contribution < -0.4 is 4.74 Å². The highest BCUT2D eigenvalue weighted by Crippen LogP contribution is 2.25. The molecule has 0 fully saturated rings. The third kappa shape index (κ3) is 2.88. The Kier molecular flexibility index (Phi) is 5.47. The van der Waals surface area contributed by atoms with Gasteiger partial charge in [0.05, 0.1) is 7.11 Å². The normalized spacial score (nSPS) is 8.77. The molecule has 0 saturated heterocycles. The lowest BCUT2D eigenvalue weighted by Crippen LogP contribution is -1.90. The largest absolute Gasteiger partial charge is 0.494 e. The van der Waals surface area contributed by atoms with Gasteiger partial charge in [0.15, 0.2) is 11.6 Å². The monoisotopic (exact) mass is 204 g/mol. The topological polar surface area (TPSA) is 9.23 Å². The summed E-state index contributed by atoms with van der Waals surface area (Å²) in [6, 6.07) is 3.11. The van der Waals surface area contributed by atoms with Gasteiger partial charge in [-0.2, -0.15) is 0 Å². The molecule has 1 rings (SSSR count). The van der Waals surface area contributed by atoms with Crippen LogP contribution in [0.5, 0.6) is 5.75 Å². The van der Waals surface area contributed by atoms with Crippen molar-refractivity contribution in [2.45, 2.75) is 20.8 Å². The van der Waals surface area contributed by atoms with Gasteiger partial charge in [-0.05, 0) is 19.1 Å². The van der Waals surface area contributed by atoms with Crippen LogP contribution in [0, 0.1) is 12.7 Å². The van der Waals surface area contributed by atoms with Gasteiger partial charge < -0.3 is 4.74 Å². The van der Waals surface area contributed by atoms with E-state index in [1.807, 2.05) is 13.8 Å². The van der Waals surface area contributed by atoms with Crippen molar-refractivity contribution in [3.05, 3.63) is 28.5 Å². The molecule has 0 heterocycles. The Labute approximate surface area is 83.5 Å². The summed E-state index contributed by atoms with van der Waals surface area (Å²) in [6.07, 6.45) is 0. The van der Waals surface area contributed by atoms with E-state index in [1.165, 1.54) is 13.2 Å². The van der Waals surface area contributed by atoms with Crippen molar-refractivity contribution in [3.63, 3.8) is 0 Å². The third-order valence-electron chi connectivity index (χ3n) is 1.50. The number of rotatable bonds is 1. The average molecular weight is 205 g/mol. The minimum Gasteiger partial charge on any atom is -0.494 e. The first-order valence-corrected chi connectivity index (χ1v) is 4.53. The lowest BCUT2D eigenvalue weighted by molar-refractivity contribution is 0.385. The zero-order valence-electron chi connectivity index (χ0n) is 8.32. The summed E-state index contributed by atoms with van der Waals surface area (Å²) in [5, 5.41) is 0.420. The highest BCUT2D eigenvalue weighted by molar-refractivity contribution is 6.31. The molecule has 0 aromatic heterocycles. The Balaban J connectivity index is 0.000000671. The maximum absolute atomic E-state index is 13.1. The zero-order valence-corrected chi connectivity index (χ0v) is 9.07. The Morgan fingerprint density at radius 1 is 1.31 bits per heavy atom. The first-order chi connectivity index (χ1) is 6.16. The van der Waals surface area contributed by atoms with E-state index in [9.17, 15) is 4.39 Å². The first-order valence-electron chi connectivity index (χ1n) is 4.15. The fourth-order valence-corrected chi connectivity index (χ4v) is 0.940. The van der Waals surface area contributed by atoms with Crippen LogP contribution in [-0.4, -0.2) is 7.11 Å². The molecule has 0 atom stereocenters. The number of halogens is 2. The van der Waals surface area contributed by atoms with Crippen LogP contribution in [0.1, 0.15) is 19.4 Å². The lowest BCUT2D eigenvalue weighted by atomic mass is 10.2. The molecule has 0 N–H and O–H groups in total. The number of hydrogen-bond donors (Lipinski definition) is 0. The molecule has 0 aliphatic carbocycles. The van der Waals surface area contributed by atoms with Gasteiger partial charge in [0, 0.05) is 10.6 Å². The van der Waals surface area contributed by atoms with Gasteiger partial charge in [0.2, 0.25) is 0 Å². The highest BCUT2D eigenvalue weighted by atomic mass is 35.5. The van der Waals surface area contributed by atoms with E-state index in [-0.39, 0.29) is 11.6 Å². The molecule has 0 aliphatic heterocycles. The predicted octanol–water partition coefficient (Wildman–Crippen LogP) is 3.82. The van der Waals surface area contributed by atoms with Crippen molar-refractivity contribution in [3.8, 4) is 5.75 Å². The quantitative estimate of drug-likeness (QED) is 0.676. The number of benzene rings is 1. The Morgan fingerprint density at radius 2 is 1.85 bits per heavy atom. The van der Waals surface area contributed by atoms with Gasteiger partial charge in [-0.3, -0.25) is 0 Å². The smallest absolute Gasteiger partial charge is 0.169 e. The highest BCUT2D eigenvalue weighted by Gasteiger charge is 2.07. The molecule has 74 valence electrons. The first kappa shape index (κ1) is 12.2. The zero-order chi connectivity index (χ0) is 10.4. The molecule has 3 heteroatoms. The van der Waals surface area contributed by atoms with E-state index in [0.717, 1.165) is 0 Å². The molecule has 0 saturated carbocycles. The molecule has 0 amide bonds. The van der Waals surface area contributed by atoms with Gasteiger partial charge in [0.25, 0.3) is 0 Å². The van der Waals surface area contributed by atoms with Gasteiger partial charge >= 0.3 is 0 Å².